The van der Waals surface area contributed by atoms with Gasteiger partial charge in [0.1, 0.15) is 0 Å². The topological polar surface area (TPSA) is 12.0 Å². The van der Waals surface area contributed by atoms with Gasteiger partial charge in [-0.25, -0.2) is 0 Å². The van der Waals surface area contributed by atoms with Crippen LogP contribution in [-0.4, -0.2) is 6.54 Å². The molecule has 2 aromatic rings. The average molecular weight is 344 g/mol. The minimum atomic E-state index is 1.03. The average Bonchev–Trinajstić information content (AvgIpc) is 2.52. The highest BCUT2D eigenvalue weighted by Crippen LogP contribution is 2.17. The van der Waals surface area contributed by atoms with Gasteiger partial charge >= 0.3 is 0 Å². The van der Waals surface area contributed by atoms with E-state index in [1.165, 1.54) is 22.1 Å². The lowest BCUT2D eigenvalue weighted by Gasteiger charge is -2.04. The normalized spacial score (nSPS) is 10.9. The third-order valence-electron chi connectivity index (χ3n) is 3.36. The minimum absolute atomic E-state index is 1.03. The van der Waals surface area contributed by atoms with Crippen molar-refractivity contribution >= 4 is 21.6 Å². The molecule has 0 fully saturated rings. The van der Waals surface area contributed by atoms with Crippen molar-refractivity contribution in [3.05, 3.63) is 76.8 Å². The first-order chi connectivity index (χ1) is 10.4. The molecule has 1 nitrogen and oxygen atoms in total. The predicted molar refractivity (Wildman–Crippen MR) is 95.8 cm³/mol. The smallest absolute Gasteiger partial charge is 0.0340 e. The van der Waals surface area contributed by atoms with E-state index in [4.69, 9.17) is 0 Å². The number of unbranched alkanes of at least 4 members (excludes halogenated alkanes) is 1. The Labute approximate surface area is 136 Å². The molecular formula is C19H22BrN. The number of benzene rings is 2. The maximum absolute atomic E-state index is 3.59. The van der Waals surface area contributed by atoms with Crippen LogP contribution >= 0.6 is 15.9 Å². The molecule has 0 aliphatic rings. The van der Waals surface area contributed by atoms with Crippen molar-refractivity contribution in [2.24, 2.45) is 0 Å². The lowest BCUT2D eigenvalue weighted by molar-refractivity contribution is 0.880. The van der Waals surface area contributed by atoms with Crippen molar-refractivity contribution in [3.63, 3.8) is 0 Å². The second kappa shape index (κ2) is 9.41. The van der Waals surface area contributed by atoms with Gasteiger partial charge in [0.25, 0.3) is 0 Å². The number of rotatable bonds is 8. The van der Waals surface area contributed by atoms with Crippen LogP contribution in [0.2, 0.25) is 0 Å². The van der Waals surface area contributed by atoms with E-state index in [0.717, 1.165) is 25.8 Å². The highest BCUT2D eigenvalue weighted by molar-refractivity contribution is 9.10. The van der Waals surface area contributed by atoms with Gasteiger partial charge in [-0.2, -0.15) is 0 Å². The number of aryl methyl sites for hydroxylation is 1. The molecule has 0 saturated carbocycles. The fourth-order valence-corrected chi connectivity index (χ4v) is 2.67. The van der Waals surface area contributed by atoms with Crippen LogP contribution in [0.5, 0.6) is 0 Å². The summed E-state index contributed by atoms with van der Waals surface area (Å²) in [7, 11) is 0. The number of hydrogen-bond donors (Lipinski definition) is 1. The molecule has 0 unspecified atom stereocenters. The highest BCUT2D eigenvalue weighted by atomic mass is 79.9. The van der Waals surface area contributed by atoms with Crippen molar-refractivity contribution < 1.29 is 0 Å². The quantitative estimate of drug-likeness (QED) is 0.469. The summed E-state index contributed by atoms with van der Waals surface area (Å²) in [6.07, 6.45) is 9.09. The summed E-state index contributed by atoms with van der Waals surface area (Å²) in [4.78, 5) is 0. The summed E-state index contributed by atoms with van der Waals surface area (Å²) >= 11 is 3.59. The van der Waals surface area contributed by atoms with E-state index in [0.29, 0.717) is 0 Å². The molecule has 21 heavy (non-hydrogen) atoms. The van der Waals surface area contributed by atoms with Gasteiger partial charge in [0.15, 0.2) is 0 Å². The molecule has 0 aliphatic heterocycles. The third kappa shape index (κ3) is 6.17. The molecule has 0 radical (unpaired) electrons. The Bertz CT molecular complexity index is 549. The van der Waals surface area contributed by atoms with Crippen LogP contribution in [0.25, 0.3) is 0 Å². The van der Waals surface area contributed by atoms with Crippen LogP contribution in [0.3, 0.4) is 0 Å². The molecule has 0 spiro atoms. The standard InChI is InChI=1S/C19H22BrN/c20-19-15-9-8-12-17(19)11-5-2-1-3-10-16-21-18-13-6-4-7-14-18/h1-2,4,6-9,12-15,21H,3,5,10-11,16H2/b2-1+. The summed E-state index contributed by atoms with van der Waals surface area (Å²) in [5.41, 5.74) is 2.59. The van der Waals surface area contributed by atoms with E-state index >= 15 is 0 Å². The number of hydrogen-bond acceptors (Lipinski definition) is 1. The van der Waals surface area contributed by atoms with E-state index in [9.17, 15) is 0 Å². The molecule has 0 bridgehead atoms. The maximum Gasteiger partial charge on any atom is 0.0340 e. The SMILES string of the molecule is Brc1ccccc1CC/C=C/CCCNc1ccccc1. The first-order valence-electron chi connectivity index (χ1n) is 7.53. The van der Waals surface area contributed by atoms with Crippen molar-refractivity contribution in [1.82, 2.24) is 0 Å². The molecular weight excluding hydrogens is 322 g/mol. The van der Waals surface area contributed by atoms with Gasteiger partial charge in [0.2, 0.25) is 0 Å². The van der Waals surface area contributed by atoms with Gasteiger partial charge in [-0.05, 0) is 49.4 Å². The first-order valence-corrected chi connectivity index (χ1v) is 8.33. The van der Waals surface area contributed by atoms with Crippen LogP contribution in [-0.2, 0) is 6.42 Å². The minimum Gasteiger partial charge on any atom is -0.385 e. The van der Waals surface area contributed by atoms with Crippen molar-refractivity contribution in [2.45, 2.75) is 25.7 Å². The van der Waals surface area contributed by atoms with Crippen molar-refractivity contribution in [1.29, 1.82) is 0 Å². The number of allylic oxidation sites excluding steroid dienone is 2. The zero-order chi connectivity index (χ0) is 14.8. The molecule has 110 valence electrons. The van der Waals surface area contributed by atoms with E-state index in [1.807, 2.05) is 6.07 Å². The fourth-order valence-electron chi connectivity index (χ4n) is 2.18. The van der Waals surface area contributed by atoms with Crippen LogP contribution in [0.1, 0.15) is 24.8 Å². The summed E-state index contributed by atoms with van der Waals surface area (Å²) in [5, 5.41) is 3.43. The van der Waals surface area contributed by atoms with Gasteiger partial charge in [0.05, 0.1) is 0 Å². The van der Waals surface area contributed by atoms with Crippen LogP contribution < -0.4 is 5.32 Å². The summed E-state index contributed by atoms with van der Waals surface area (Å²) in [5.74, 6) is 0. The molecule has 0 amide bonds. The van der Waals surface area contributed by atoms with Crippen LogP contribution in [0.4, 0.5) is 5.69 Å². The summed E-state index contributed by atoms with van der Waals surface area (Å²) < 4.78 is 1.21. The number of anilines is 1. The largest absolute Gasteiger partial charge is 0.385 e. The Morgan fingerprint density at radius 3 is 2.38 bits per heavy atom. The Hall–Kier alpha value is -1.54. The van der Waals surface area contributed by atoms with Crippen LogP contribution in [0, 0.1) is 0 Å². The second-order valence-electron chi connectivity index (χ2n) is 5.04. The maximum atomic E-state index is 3.59. The Morgan fingerprint density at radius 1 is 0.857 bits per heavy atom. The Balaban J connectivity index is 1.56. The zero-order valence-electron chi connectivity index (χ0n) is 12.3. The molecule has 0 heterocycles. The zero-order valence-corrected chi connectivity index (χ0v) is 13.9. The molecule has 0 atom stereocenters. The van der Waals surface area contributed by atoms with Gasteiger partial charge in [0, 0.05) is 16.7 Å². The Morgan fingerprint density at radius 2 is 1.57 bits per heavy atom. The van der Waals surface area contributed by atoms with E-state index < -0.39 is 0 Å². The van der Waals surface area contributed by atoms with Gasteiger partial charge in [-0.15, -0.1) is 0 Å². The lowest BCUT2D eigenvalue weighted by Crippen LogP contribution is -2.00. The molecule has 0 saturated heterocycles. The number of halogens is 1. The highest BCUT2D eigenvalue weighted by Gasteiger charge is 1.95. The summed E-state index contributed by atoms with van der Waals surface area (Å²) in [6.45, 7) is 1.03. The van der Waals surface area contributed by atoms with Crippen LogP contribution in [0.15, 0.2) is 71.2 Å². The number of nitrogens with one attached hydrogen (secondary N) is 1. The first kappa shape index (κ1) is 15.8. The molecule has 2 aromatic carbocycles. The van der Waals surface area contributed by atoms with Gasteiger partial charge in [-0.3, -0.25) is 0 Å². The number of para-hydroxylation sites is 1. The fraction of sp³-hybridized carbons (Fsp3) is 0.263. The van der Waals surface area contributed by atoms with Gasteiger partial charge < -0.3 is 5.32 Å². The molecule has 0 aromatic heterocycles. The van der Waals surface area contributed by atoms with E-state index in [1.54, 1.807) is 0 Å². The van der Waals surface area contributed by atoms with Crippen molar-refractivity contribution in [3.8, 4) is 0 Å². The van der Waals surface area contributed by atoms with Crippen molar-refractivity contribution in [2.75, 3.05) is 11.9 Å². The van der Waals surface area contributed by atoms with E-state index in [-0.39, 0.29) is 0 Å². The molecule has 2 rings (SSSR count). The lowest BCUT2D eigenvalue weighted by atomic mass is 10.1. The van der Waals surface area contributed by atoms with E-state index in [2.05, 4.69) is 81.9 Å². The monoisotopic (exact) mass is 343 g/mol. The molecule has 0 aliphatic carbocycles. The third-order valence-corrected chi connectivity index (χ3v) is 4.13. The molecule has 2 heteroatoms. The second-order valence-corrected chi connectivity index (χ2v) is 5.89. The predicted octanol–water partition coefficient (Wildman–Crippen LogP) is 5.83. The summed E-state index contributed by atoms with van der Waals surface area (Å²) in [6, 6.07) is 18.8. The molecule has 1 N–H and O–H groups in total. The van der Waals surface area contributed by atoms with Gasteiger partial charge in [-0.1, -0.05) is 64.5 Å². The Kier molecular flexibility index (Phi) is 7.10.